The normalized spacial score (nSPS) is 12.8. The van der Waals surface area contributed by atoms with Crippen LogP contribution in [0.25, 0.3) is 33.2 Å². The topological polar surface area (TPSA) is 56.7 Å². The van der Waals surface area contributed by atoms with Gasteiger partial charge < -0.3 is 4.74 Å². The first-order valence-corrected chi connectivity index (χ1v) is 14.2. The molecule has 2 aromatic heterocycles. The molecule has 0 fully saturated rings. The van der Waals surface area contributed by atoms with Gasteiger partial charge in [0.15, 0.2) is 0 Å². The Bertz CT molecular complexity index is 2000. The summed E-state index contributed by atoms with van der Waals surface area (Å²) in [4.78, 5) is 5.39. The van der Waals surface area contributed by atoms with Crippen molar-refractivity contribution in [3.63, 3.8) is 0 Å². The fourth-order valence-corrected chi connectivity index (χ4v) is 5.83. The highest BCUT2D eigenvalue weighted by Crippen LogP contribution is 2.29. The van der Waals surface area contributed by atoms with E-state index in [1.807, 2.05) is 41.0 Å². The largest absolute Gasteiger partial charge is 0.573 e. The summed E-state index contributed by atoms with van der Waals surface area (Å²) in [5.74, 6) is 0.102. The Morgan fingerprint density at radius 2 is 1.76 bits per heavy atom. The minimum atomic E-state index is -4.73. The highest BCUT2D eigenvalue weighted by Gasteiger charge is 2.31. The Kier molecular flexibility index (Phi) is 7.16. The molecular weight excluding hydrogens is 559 g/mol. The second-order valence-corrected chi connectivity index (χ2v) is 11.0. The molecule has 6 rings (SSSR count). The molecule has 42 heavy (non-hydrogen) atoms. The number of aryl methyl sites for hydroxylation is 1. The lowest BCUT2D eigenvalue weighted by molar-refractivity contribution is -0.274. The Morgan fingerprint density at radius 3 is 2.52 bits per heavy atom. The number of aromatic nitrogens is 3. The molecule has 0 amide bonds. The fourth-order valence-electron chi connectivity index (χ4n) is 5.00. The van der Waals surface area contributed by atoms with Crippen molar-refractivity contribution in [3.05, 3.63) is 112 Å². The predicted octanol–water partition coefficient (Wildman–Crippen LogP) is 8.30. The van der Waals surface area contributed by atoms with Gasteiger partial charge in [-0.2, -0.15) is 5.10 Å². The summed E-state index contributed by atoms with van der Waals surface area (Å²) in [6, 6.07) is 24.0. The smallest absolute Gasteiger partial charge is 0.406 e. The Hall–Kier alpha value is -4.70. The molecule has 0 unspecified atom stereocenters. The van der Waals surface area contributed by atoms with E-state index in [1.54, 1.807) is 36.0 Å². The molecule has 0 saturated heterocycles. The Balaban J connectivity index is 1.29. The van der Waals surface area contributed by atoms with Gasteiger partial charge in [-0.05, 0) is 71.8 Å². The zero-order valence-corrected chi connectivity index (χ0v) is 23.8. The molecule has 6 aromatic rings. The van der Waals surface area contributed by atoms with Crippen LogP contribution in [-0.2, 0) is 0 Å². The van der Waals surface area contributed by atoms with Gasteiger partial charge in [-0.25, -0.2) is 4.98 Å². The number of nitrogens with zero attached hydrogens (tertiary/aromatic N) is 5. The monoisotopic (exact) mass is 585 g/mol. The predicted molar refractivity (Wildman–Crippen MR) is 161 cm³/mol. The molecule has 6 nitrogen and oxygen atoms in total. The van der Waals surface area contributed by atoms with Crippen molar-refractivity contribution >= 4 is 39.4 Å². The van der Waals surface area contributed by atoms with Crippen LogP contribution in [0.2, 0.25) is 0 Å². The lowest BCUT2D eigenvalue weighted by Gasteiger charge is -2.14. The molecule has 0 aliphatic carbocycles. The van der Waals surface area contributed by atoms with E-state index in [1.165, 1.54) is 17.7 Å². The minimum absolute atomic E-state index is 0.272. The van der Waals surface area contributed by atoms with Crippen molar-refractivity contribution in [1.82, 2.24) is 14.1 Å². The van der Waals surface area contributed by atoms with Gasteiger partial charge >= 0.3 is 6.36 Å². The van der Waals surface area contributed by atoms with Crippen LogP contribution >= 0.6 is 11.3 Å². The number of alkyl halides is 3. The molecule has 4 aromatic carbocycles. The SMILES string of the molecule is Cc1cs/c(=N/N=C/c2ccc3c(ccc4c3ncn4-c3ccc(OC(F)(F)F)cc3)c2)n1-c1ccccc1C(C)C. The summed E-state index contributed by atoms with van der Waals surface area (Å²) in [7, 11) is 0. The zero-order valence-electron chi connectivity index (χ0n) is 23.0. The number of hydrogen-bond donors (Lipinski definition) is 0. The lowest BCUT2D eigenvalue weighted by Crippen LogP contribution is -2.17. The van der Waals surface area contributed by atoms with Crippen molar-refractivity contribution in [3.8, 4) is 17.1 Å². The van der Waals surface area contributed by atoms with Crippen LogP contribution < -0.4 is 9.54 Å². The molecule has 2 heterocycles. The third-order valence-electron chi connectivity index (χ3n) is 6.93. The van der Waals surface area contributed by atoms with Crippen LogP contribution in [0.1, 0.15) is 36.6 Å². The van der Waals surface area contributed by atoms with E-state index in [2.05, 4.69) is 68.8 Å². The summed E-state index contributed by atoms with van der Waals surface area (Å²) in [5.41, 5.74) is 6.65. The first kappa shape index (κ1) is 27.5. The van der Waals surface area contributed by atoms with E-state index in [4.69, 9.17) is 0 Å². The van der Waals surface area contributed by atoms with Gasteiger partial charge in [-0.1, -0.05) is 50.2 Å². The number of hydrogen-bond acceptors (Lipinski definition) is 5. The van der Waals surface area contributed by atoms with E-state index < -0.39 is 6.36 Å². The molecule has 0 N–H and O–H groups in total. The molecule has 0 bridgehead atoms. The number of benzene rings is 4. The molecule has 0 radical (unpaired) electrons. The average molecular weight is 586 g/mol. The number of thiazole rings is 1. The quantitative estimate of drug-likeness (QED) is 0.146. The maximum absolute atomic E-state index is 12.5. The van der Waals surface area contributed by atoms with Crippen LogP contribution in [0.3, 0.4) is 0 Å². The molecule has 0 aliphatic rings. The highest BCUT2D eigenvalue weighted by atomic mass is 32.1. The van der Waals surface area contributed by atoms with Crippen molar-refractivity contribution in [2.75, 3.05) is 0 Å². The minimum Gasteiger partial charge on any atom is -0.406 e. The van der Waals surface area contributed by atoms with E-state index in [0.29, 0.717) is 11.6 Å². The lowest BCUT2D eigenvalue weighted by atomic mass is 10.0. The van der Waals surface area contributed by atoms with Gasteiger partial charge in [0.25, 0.3) is 0 Å². The number of para-hydroxylation sites is 1. The summed E-state index contributed by atoms with van der Waals surface area (Å²) < 4.78 is 45.5. The second-order valence-electron chi connectivity index (χ2n) is 10.1. The Morgan fingerprint density at radius 1 is 0.976 bits per heavy atom. The maximum Gasteiger partial charge on any atom is 0.573 e. The van der Waals surface area contributed by atoms with Gasteiger partial charge in [0, 0.05) is 22.1 Å². The molecule has 0 saturated carbocycles. The third-order valence-corrected chi connectivity index (χ3v) is 7.87. The van der Waals surface area contributed by atoms with Crippen molar-refractivity contribution in [2.24, 2.45) is 10.2 Å². The second kappa shape index (κ2) is 10.9. The van der Waals surface area contributed by atoms with Gasteiger partial charge in [0.05, 0.1) is 22.9 Å². The first-order chi connectivity index (χ1) is 20.2. The number of fused-ring (bicyclic) bond motifs is 3. The van der Waals surface area contributed by atoms with Gasteiger partial charge in [0.1, 0.15) is 12.1 Å². The summed E-state index contributed by atoms with van der Waals surface area (Å²) in [6.07, 6.45) is -1.33. The van der Waals surface area contributed by atoms with E-state index in [-0.39, 0.29) is 5.75 Å². The molecule has 0 atom stereocenters. The number of imidazole rings is 1. The van der Waals surface area contributed by atoms with Crippen LogP contribution in [0.4, 0.5) is 13.2 Å². The number of rotatable bonds is 6. The van der Waals surface area contributed by atoms with Crippen LogP contribution in [0.15, 0.2) is 101 Å². The van der Waals surface area contributed by atoms with Gasteiger partial charge in [-0.3, -0.25) is 9.13 Å². The number of ether oxygens (including phenoxy) is 1. The van der Waals surface area contributed by atoms with Crippen molar-refractivity contribution < 1.29 is 17.9 Å². The summed E-state index contributed by atoms with van der Waals surface area (Å²) in [6.45, 7) is 6.43. The maximum atomic E-state index is 12.5. The highest BCUT2D eigenvalue weighted by molar-refractivity contribution is 7.07. The molecule has 0 spiro atoms. The van der Waals surface area contributed by atoms with Crippen molar-refractivity contribution in [1.29, 1.82) is 0 Å². The summed E-state index contributed by atoms with van der Waals surface area (Å²) in [5, 5.41) is 13.0. The Labute approximate surface area is 243 Å². The molecule has 212 valence electrons. The van der Waals surface area contributed by atoms with Crippen LogP contribution in [0.5, 0.6) is 5.75 Å². The summed E-state index contributed by atoms with van der Waals surface area (Å²) >= 11 is 1.55. The van der Waals surface area contributed by atoms with Crippen LogP contribution in [-0.4, -0.2) is 26.7 Å². The number of halogens is 3. The molecule has 10 heteroatoms. The fraction of sp³-hybridized carbons (Fsp3) is 0.156. The standard InChI is InChI=1S/C32H26F3N5OS/c1-20(2)26-6-4-5-7-28(26)40-21(3)18-42-31(40)38-37-17-22-8-14-27-23(16-22)9-15-29-30(27)36-19-39(29)24-10-12-25(13-11-24)41-32(33,34)35/h4-20H,1-3H3/b37-17+,38-31+. The van der Waals surface area contributed by atoms with Gasteiger partial charge in [0.2, 0.25) is 4.80 Å². The zero-order chi connectivity index (χ0) is 29.4. The molecular formula is C32H26F3N5OS. The van der Waals surface area contributed by atoms with Crippen LogP contribution in [0, 0.1) is 6.92 Å². The first-order valence-electron chi connectivity index (χ1n) is 13.3. The van der Waals surface area contributed by atoms with E-state index in [9.17, 15) is 13.2 Å². The van der Waals surface area contributed by atoms with Gasteiger partial charge in [-0.15, -0.1) is 29.6 Å². The molecule has 0 aliphatic heterocycles. The van der Waals surface area contributed by atoms with E-state index >= 15 is 0 Å². The average Bonchev–Trinajstić information content (AvgIpc) is 3.56. The van der Waals surface area contributed by atoms with Crippen molar-refractivity contribution in [2.45, 2.75) is 33.1 Å². The third kappa shape index (κ3) is 5.45. The van der Waals surface area contributed by atoms with E-state index in [0.717, 1.165) is 43.6 Å².